The van der Waals surface area contributed by atoms with Gasteiger partial charge < -0.3 is 5.32 Å². The molecule has 17 heavy (non-hydrogen) atoms. The van der Waals surface area contributed by atoms with Crippen LogP contribution in [0.15, 0.2) is 33.3 Å². The highest BCUT2D eigenvalue weighted by atomic mass is 79.9. The summed E-state index contributed by atoms with van der Waals surface area (Å²) in [5.74, 6) is 0.698. The summed E-state index contributed by atoms with van der Waals surface area (Å²) in [5, 5.41) is 3.44. The molecule has 0 radical (unpaired) electrons. The van der Waals surface area contributed by atoms with Crippen LogP contribution in [0.3, 0.4) is 0 Å². The van der Waals surface area contributed by atoms with E-state index in [0.29, 0.717) is 5.82 Å². The van der Waals surface area contributed by atoms with Crippen LogP contribution in [-0.2, 0) is 0 Å². The lowest BCUT2D eigenvalue weighted by Crippen LogP contribution is -1.98. The Labute approximate surface area is 121 Å². The van der Waals surface area contributed by atoms with E-state index in [9.17, 15) is 0 Å². The molecule has 1 heterocycles. The van der Waals surface area contributed by atoms with Gasteiger partial charge in [-0.1, -0.05) is 15.9 Å². The molecule has 0 aliphatic heterocycles. The van der Waals surface area contributed by atoms with Gasteiger partial charge in [-0.2, -0.15) is 0 Å². The number of nitrogens with one attached hydrogen (secondary N) is 1. The van der Waals surface area contributed by atoms with Crippen molar-refractivity contribution in [3.05, 3.63) is 44.2 Å². The standard InChI is InChI=1S/C11H8Br2ClN3/c1-6-5-15-11(14)17-10(6)16-9-4-7(12)2-3-8(9)13/h2-5H,1H3,(H,15,16,17). The number of aromatic nitrogens is 2. The normalized spacial score (nSPS) is 10.4. The van der Waals surface area contributed by atoms with E-state index < -0.39 is 0 Å². The highest BCUT2D eigenvalue weighted by molar-refractivity contribution is 9.11. The number of hydrogen-bond donors (Lipinski definition) is 1. The highest BCUT2D eigenvalue weighted by Crippen LogP contribution is 2.29. The number of halogens is 3. The molecule has 0 aliphatic carbocycles. The predicted octanol–water partition coefficient (Wildman–Crippen LogP) is 4.71. The minimum Gasteiger partial charge on any atom is -0.339 e. The number of benzene rings is 1. The van der Waals surface area contributed by atoms with E-state index in [4.69, 9.17) is 11.6 Å². The van der Waals surface area contributed by atoms with Gasteiger partial charge in [0, 0.05) is 20.7 Å². The number of aryl methyl sites for hydroxylation is 1. The van der Waals surface area contributed by atoms with Crippen LogP contribution < -0.4 is 5.32 Å². The maximum Gasteiger partial charge on any atom is 0.224 e. The van der Waals surface area contributed by atoms with Gasteiger partial charge in [0.2, 0.25) is 5.28 Å². The van der Waals surface area contributed by atoms with Crippen LogP contribution in [0, 0.1) is 6.92 Å². The SMILES string of the molecule is Cc1cnc(Cl)nc1Nc1cc(Br)ccc1Br. The first-order valence-electron chi connectivity index (χ1n) is 4.77. The molecule has 0 fully saturated rings. The van der Waals surface area contributed by atoms with Crippen molar-refractivity contribution in [3.8, 4) is 0 Å². The number of rotatable bonds is 2. The topological polar surface area (TPSA) is 37.8 Å². The van der Waals surface area contributed by atoms with Gasteiger partial charge >= 0.3 is 0 Å². The summed E-state index contributed by atoms with van der Waals surface area (Å²) in [6.07, 6.45) is 1.68. The lowest BCUT2D eigenvalue weighted by atomic mass is 10.3. The van der Waals surface area contributed by atoms with Crippen LogP contribution in [0.25, 0.3) is 0 Å². The molecule has 0 amide bonds. The third-order valence-corrected chi connectivity index (χ3v) is 3.49. The predicted molar refractivity (Wildman–Crippen MR) is 76.9 cm³/mol. The molecule has 0 atom stereocenters. The first-order chi connectivity index (χ1) is 8.06. The van der Waals surface area contributed by atoms with Crippen LogP contribution >= 0.6 is 43.5 Å². The molecule has 0 saturated carbocycles. The Morgan fingerprint density at radius 3 is 2.82 bits per heavy atom. The van der Waals surface area contributed by atoms with E-state index in [1.807, 2.05) is 25.1 Å². The zero-order valence-corrected chi connectivity index (χ0v) is 12.8. The van der Waals surface area contributed by atoms with Gasteiger partial charge in [-0.25, -0.2) is 9.97 Å². The van der Waals surface area contributed by atoms with Gasteiger partial charge in [0.1, 0.15) is 5.82 Å². The Morgan fingerprint density at radius 2 is 2.06 bits per heavy atom. The van der Waals surface area contributed by atoms with Crippen molar-refractivity contribution in [2.24, 2.45) is 0 Å². The molecular weight excluding hydrogens is 369 g/mol. The van der Waals surface area contributed by atoms with Crippen molar-refractivity contribution < 1.29 is 0 Å². The molecule has 1 N–H and O–H groups in total. The van der Waals surface area contributed by atoms with Crippen molar-refractivity contribution in [2.75, 3.05) is 5.32 Å². The average Bonchev–Trinajstić information content (AvgIpc) is 2.28. The van der Waals surface area contributed by atoms with Crippen LogP contribution in [0.2, 0.25) is 5.28 Å². The van der Waals surface area contributed by atoms with Gasteiger partial charge in [0.15, 0.2) is 0 Å². The smallest absolute Gasteiger partial charge is 0.224 e. The summed E-state index contributed by atoms with van der Waals surface area (Å²) in [7, 11) is 0. The first-order valence-corrected chi connectivity index (χ1v) is 6.74. The van der Waals surface area contributed by atoms with Crippen molar-refractivity contribution in [1.82, 2.24) is 9.97 Å². The zero-order valence-electron chi connectivity index (χ0n) is 8.84. The second-order valence-corrected chi connectivity index (χ2v) is 5.53. The number of anilines is 2. The summed E-state index contributed by atoms with van der Waals surface area (Å²) >= 11 is 12.7. The van der Waals surface area contributed by atoms with Crippen LogP contribution in [-0.4, -0.2) is 9.97 Å². The minimum absolute atomic E-state index is 0.226. The summed E-state index contributed by atoms with van der Waals surface area (Å²) in [5.41, 5.74) is 1.85. The third kappa shape index (κ3) is 3.18. The molecule has 2 rings (SSSR count). The number of nitrogens with zero attached hydrogens (tertiary/aromatic N) is 2. The zero-order chi connectivity index (χ0) is 12.4. The molecule has 6 heteroatoms. The Bertz CT molecular complexity index is 511. The molecule has 0 saturated heterocycles. The molecule has 2 aromatic rings. The second kappa shape index (κ2) is 5.33. The van der Waals surface area contributed by atoms with Crippen molar-refractivity contribution in [1.29, 1.82) is 0 Å². The lowest BCUT2D eigenvalue weighted by molar-refractivity contribution is 1.13. The molecule has 0 bridgehead atoms. The van der Waals surface area contributed by atoms with Gasteiger partial charge in [0.25, 0.3) is 0 Å². The maximum atomic E-state index is 5.77. The minimum atomic E-state index is 0.226. The first kappa shape index (κ1) is 12.8. The molecule has 0 aliphatic rings. The number of hydrogen-bond acceptors (Lipinski definition) is 3. The van der Waals surface area contributed by atoms with Crippen molar-refractivity contribution in [3.63, 3.8) is 0 Å². The average molecular weight is 377 g/mol. The summed E-state index contributed by atoms with van der Waals surface area (Å²) < 4.78 is 1.94. The fourth-order valence-corrected chi connectivity index (χ4v) is 2.11. The van der Waals surface area contributed by atoms with E-state index in [1.165, 1.54) is 0 Å². The molecule has 1 aromatic carbocycles. The largest absolute Gasteiger partial charge is 0.339 e. The summed E-state index contributed by atoms with van der Waals surface area (Å²) in [4.78, 5) is 8.06. The van der Waals surface area contributed by atoms with E-state index in [-0.39, 0.29) is 5.28 Å². The maximum absolute atomic E-state index is 5.77. The second-order valence-electron chi connectivity index (χ2n) is 3.42. The monoisotopic (exact) mass is 375 g/mol. The fourth-order valence-electron chi connectivity index (χ4n) is 1.27. The third-order valence-electron chi connectivity index (χ3n) is 2.12. The van der Waals surface area contributed by atoms with Gasteiger partial charge in [-0.15, -0.1) is 0 Å². The molecule has 0 unspecified atom stereocenters. The van der Waals surface area contributed by atoms with E-state index in [2.05, 4.69) is 47.1 Å². The molecular formula is C11H8Br2ClN3. The van der Waals surface area contributed by atoms with Crippen molar-refractivity contribution in [2.45, 2.75) is 6.92 Å². The Morgan fingerprint density at radius 1 is 1.29 bits per heavy atom. The van der Waals surface area contributed by atoms with E-state index >= 15 is 0 Å². The van der Waals surface area contributed by atoms with Gasteiger partial charge in [-0.05, 0) is 52.7 Å². The Hall–Kier alpha value is -0.650. The van der Waals surface area contributed by atoms with E-state index in [1.54, 1.807) is 6.20 Å². The van der Waals surface area contributed by atoms with Crippen LogP contribution in [0.1, 0.15) is 5.56 Å². The molecule has 1 aromatic heterocycles. The van der Waals surface area contributed by atoms with Crippen LogP contribution in [0.5, 0.6) is 0 Å². The van der Waals surface area contributed by atoms with Crippen LogP contribution in [0.4, 0.5) is 11.5 Å². The Balaban J connectivity index is 2.37. The summed E-state index contributed by atoms with van der Waals surface area (Å²) in [6.45, 7) is 1.92. The highest BCUT2D eigenvalue weighted by Gasteiger charge is 2.06. The molecule has 88 valence electrons. The quantitative estimate of drug-likeness (QED) is 0.771. The lowest BCUT2D eigenvalue weighted by Gasteiger charge is -2.10. The van der Waals surface area contributed by atoms with E-state index in [0.717, 1.165) is 20.2 Å². The van der Waals surface area contributed by atoms with Crippen molar-refractivity contribution >= 4 is 55.0 Å². The fraction of sp³-hybridized carbons (Fsp3) is 0.0909. The molecule has 0 spiro atoms. The van der Waals surface area contributed by atoms with Gasteiger partial charge in [-0.3, -0.25) is 0 Å². The Kier molecular flexibility index (Phi) is 4.01. The van der Waals surface area contributed by atoms with Gasteiger partial charge in [0.05, 0.1) is 5.69 Å². The summed E-state index contributed by atoms with van der Waals surface area (Å²) in [6, 6.07) is 5.86. The molecule has 3 nitrogen and oxygen atoms in total.